The molecule has 1 aliphatic heterocycles. The van der Waals surface area contributed by atoms with Crippen LogP contribution in [0.1, 0.15) is 24.6 Å². The average Bonchev–Trinajstić information content (AvgIpc) is 3.08. The highest BCUT2D eigenvalue weighted by atomic mass is 35.5. The Labute approximate surface area is 137 Å². The number of aromatic nitrogens is 2. The minimum absolute atomic E-state index is 0.103. The van der Waals surface area contributed by atoms with Gasteiger partial charge in [-0.05, 0) is 30.2 Å². The van der Waals surface area contributed by atoms with Crippen LogP contribution < -0.4 is 5.32 Å². The van der Waals surface area contributed by atoms with Crippen molar-refractivity contribution in [2.45, 2.75) is 26.2 Å². The number of carbonyl (C=O) groups excluding carboxylic acids is 1. The zero-order chi connectivity index (χ0) is 15.5. The molecule has 0 aromatic carbocycles. The molecular formula is C14H17ClN4O2S. The van der Waals surface area contributed by atoms with Gasteiger partial charge in [0.15, 0.2) is 5.82 Å². The Hall–Kier alpha value is -1.60. The second kappa shape index (κ2) is 6.66. The molecule has 1 N–H and O–H groups in total. The third kappa shape index (κ3) is 3.59. The van der Waals surface area contributed by atoms with E-state index in [1.165, 1.54) is 11.3 Å². The largest absolute Gasteiger partial charge is 0.340 e. The zero-order valence-corrected chi connectivity index (χ0v) is 13.8. The summed E-state index contributed by atoms with van der Waals surface area (Å²) in [6, 6.07) is 1.71. The Balaban J connectivity index is 1.58. The van der Waals surface area contributed by atoms with Crippen molar-refractivity contribution in [3.05, 3.63) is 27.5 Å². The minimum Gasteiger partial charge on any atom is -0.340 e. The molecule has 2 amide bonds. The number of nitrogens with one attached hydrogen (secondary N) is 1. The Morgan fingerprint density at radius 2 is 2.50 bits per heavy atom. The van der Waals surface area contributed by atoms with Gasteiger partial charge in [0.1, 0.15) is 4.34 Å². The highest BCUT2D eigenvalue weighted by Gasteiger charge is 2.25. The summed E-state index contributed by atoms with van der Waals surface area (Å²) in [5.41, 5.74) is 0.674. The van der Waals surface area contributed by atoms with Crippen LogP contribution in [0.3, 0.4) is 0 Å². The first-order chi connectivity index (χ1) is 10.6. The fraction of sp³-hybridized carbons (Fsp3) is 0.500. The Kier molecular flexibility index (Phi) is 4.63. The molecule has 0 spiro atoms. The monoisotopic (exact) mass is 340 g/mol. The van der Waals surface area contributed by atoms with Gasteiger partial charge in [-0.25, -0.2) is 4.79 Å². The highest BCUT2D eigenvalue weighted by Crippen LogP contribution is 2.28. The number of hydrogen-bond donors (Lipinski definition) is 1. The van der Waals surface area contributed by atoms with E-state index < -0.39 is 0 Å². The third-order valence-electron chi connectivity index (χ3n) is 3.71. The van der Waals surface area contributed by atoms with E-state index in [4.69, 9.17) is 16.1 Å². The molecule has 0 radical (unpaired) electrons. The fourth-order valence-electron chi connectivity index (χ4n) is 2.67. The first-order valence-electron chi connectivity index (χ1n) is 7.20. The molecule has 0 unspecified atom stereocenters. The van der Waals surface area contributed by atoms with Gasteiger partial charge >= 0.3 is 6.03 Å². The smallest absolute Gasteiger partial charge is 0.321 e. The van der Waals surface area contributed by atoms with Gasteiger partial charge in [0.25, 0.3) is 0 Å². The van der Waals surface area contributed by atoms with E-state index in [0.717, 1.165) is 25.8 Å². The molecule has 1 saturated heterocycles. The minimum atomic E-state index is -0.103. The molecule has 22 heavy (non-hydrogen) atoms. The van der Waals surface area contributed by atoms with Gasteiger partial charge in [0, 0.05) is 26.4 Å². The number of amides is 2. The molecule has 3 heterocycles. The molecule has 3 rings (SSSR count). The van der Waals surface area contributed by atoms with Gasteiger partial charge in [-0.3, -0.25) is 0 Å². The van der Waals surface area contributed by atoms with Crippen LogP contribution in [0.4, 0.5) is 10.5 Å². The lowest BCUT2D eigenvalue weighted by molar-refractivity contribution is 0.176. The van der Waals surface area contributed by atoms with Crippen LogP contribution in [0.15, 0.2) is 16.0 Å². The molecule has 1 fully saturated rings. The molecule has 2 aromatic heterocycles. The van der Waals surface area contributed by atoms with E-state index in [1.807, 2.05) is 16.3 Å². The summed E-state index contributed by atoms with van der Waals surface area (Å²) < 4.78 is 5.60. The molecule has 1 aliphatic rings. The first kappa shape index (κ1) is 15.3. The number of nitrogens with zero attached hydrogens (tertiary/aromatic N) is 3. The predicted octanol–water partition coefficient (Wildman–Crippen LogP) is 3.58. The quantitative estimate of drug-likeness (QED) is 0.927. The Bertz CT molecular complexity index is 657. The van der Waals surface area contributed by atoms with Crippen molar-refractivity contribution in [1.29, 1.82) is 0 Å². The van der Waals surface area contributed by atoms with Crippen LogP contribution in [0, 0.1) is 12.8 Å². The maximum absolute atomic E-state index is 12.3. The predicted molar refractivity (Wildman–Crippen MR) is 85.4 cm³/mol. The number of thiophene rings is 1. The summed E-state index contributed by atoms with van der Waals surface area (Å²) in [4.78, 5) is 18.4. The van der Waals surface area contributed by atoms with E-state index in [2.05, 4.69) is 15.5 Å². The number of anilines is 1. The SMILES string of the molecule is Cc1nc(C[C@H]2CCCN(C(=O)Nc3ccsc3Cl)C2)no1. The van der Waals surface area contributed by atoms with E-state index in [-0.39, 0.29) is 6.03 Å². The molecule has 1 atom stereocenters. The van der Waals surface area contributed by atoms with E-state index in [0.29, 0.717) is 34.2 Å². The van der Waals surface area contributed by atoms with Crippen molar-refractivity contribution in [3.63, 3.8) is 0 Å². The molecule has 8 heteroatoms. The third-order valence-corrected chi connectivity index (χ3v) is 4.88. The zero-order valence-electron chi connectivity index (χ0n) is 12.2. The Morgan fingerprint density at radius 1 is 1.64 bits per heavy atom. The number of likely N-dealkylation sites (tertiary alicyclic amines) is 1. The molecular weight excluding hydrogens is 324 g/mol. The van der Waals surface area contributed by atoms with Gasteiger partial charge in [-0.1, -0.05) is 16.8 Å². The second-order valence-corrected chi connectivity index (χ2v) is 6.94. The van der Waals surface area contributed by atoms with Crippen LogP contribution in [-0.4, -0.2) is 34.2 Å². The van der Waals surface area contributed by atoms with Crippen LogP contribution in [0.2, 0.25) is 4.34 Å². The van der Waals surface area contributed by atoms with Gasteiger partial charge in [-0.2, -0.15) is 4.98 Å². The molecule has 6 nitrogen and oxygen atoms in total. The summed E-state index contributed by atoms with van der Waals surface area (Å²) in [6.45, 7) is 3.23. The molecule has 2 aromatic rings. The lowest BCUT2D eigenvalue weighted by Crippen LogP contribution is -2.42. The van der Waals surface area contributed by atoms with Gasteiger partial charge in [0.2, 0.25) is 5.89 Å². The van der Waals surface area contributed by atoms with Crippen molar-refractivity contribution in [2.24, 2.45) is 5.92 Å². The molecule has 0 bridgehead atoms. The van der Waals surface area contributed by atoms with Crippen molar-refractivity contribution in [2.75, 3.05) is 18.4 Å². The highest BCUT2D eigenvalue weighted by molar-refractivity contribution is 7.15. The molecule has 0 aliphatic carbocycles. The maximum Gasteiger partial charge on any atom is 0.321 e. The number of halogens is 1. The standard InChI is InChI=1S/C14H17ClN4O2S/c1-9-16-12(18-21-9)7-10-3-2-5-19(8-10)14(20)17-11-4-6-22-13(11)15/h4,6,10H,2-3,5,7-8H2,1H3,(H,17,20)/t10-/m1/s1. The summed E-state index contributed by atoms with van der Waals surface area (Å²) in [5, 5.41) is 8.65. The van der Waals surface area contributed by atoms with Gasteiger partial charge in [0.05, 0.1) is 5.69 Å². The van der Waals surface area contributed by atoms with Gasteiger partial charge in [-0.15, -0.1) is 11.3 Å². The van der Waals surface area contributed by atoms with E-state index in [1.54, 1.807) is 6.92 Å². The maximum atomic E-state index is 12.3. The lowest BCUT2D eigenvalue weighted by Gasteiger charge is -2.32. The van der Waals surface area contributed by atoms with Crippen molar-refractivity contribution in [3.8, 4) is 0 Å². The van der Waals surface area contributed by atoms with Crippen molar-refractivity contribution in [1.82, 2.24) is 15.0 Å². The van der Waals surface area contributed by atoms with Crippen LogP contribution in [-0.2, 0) is 6.42 Å². The van der Waals surface area contributed by atoms with Crippen molar-refractivity contribution < 1.29 is 9.32 Å². The number of carbonyl (C=O) groups is 1. The average molecular weight is 341 g/mol. The number of rotatable bonds is 3. The normalized spacial score (nSPS) is 18.5. The summed E-state index contributed by atoms with van der Waals surface area (Å²) in [5.74, 6) is 1.65. The number of hydrogen-bond acceptors (Lipinski definition) is 5. The fourth-order valence-corrected chi connectivity index (χ4v) is 3.51. The van der Waals surface area contributed by atoms with E-state index >= 15 is 0 Å². The van der Waals surface area contributed by atoms with Crippen LogP contribution in [0.25, 0.3) is 0 Å². The van der Waals surface area contributed by atoms with Crippen LogP contribution in [0.5, 0.6) is 0 Å². The summed E-state index contributed by atoms with van der Waals surface area (Å²) in [7, 11) is 0. The molecule has 0 saturated carbocycles. The second-order valence-electron chi connectivity index (χ2n) is 5.43. The topological polar surface area (TPSA) is 71.3 Å². The summed E-state index contributed by atoms with van der Waals surface area (Å²) >= 11 is 7.42. The summed E-state index contributed by atoms with van der Waals surface area (Å²) in [6.07, 6.45) is 2.78. The first-order valence-corrected chi connectivity index (χ1v) is 8.45. The number of urea groups is 1. The molecule has 118 valence electrons. The van der Waals surface area contributed by atoms with E-state index in [9.17, 15) is 4.79 Å². The lowest BCUT2D eigenvalue weighted by atomic mass is 9.95. The van der Waals surface area contributed by atoms with Crippen LogP contribution >= 0.6 is 22.9 Å². The Morgan fingerprint density at radius 3 is 3.18 bits per heavy atom. The van der Waals surface area contributed by atoms with Crippen molar-refractivity contribution >= 4 is 34.7 Å². The van der Waals surface area contributed by atoms with Gasteiger partial charge < -0.3 is 14.7 Å². The number of aryl methyl sites for hydroxylation is 1. The number of piperidine rings is 1.